The van der Waals surface area contributed by atoms with Gasteiger partial charge in [0.2, 0.25) is 0 Å². The topological polar surface area (TPSA) is 145 Å². The summed E-state index contributed by atoms with van der Waals surface area (Å²) < 4.78 is 83.9. The molecule has 2 aromatic heterocycles. The number of anilines is 1. The number of nitrogens with one attached hydrogen (secondary N) is 1. The Morgan fingerprint density at radius 1 is 1.20 bits per heavy atom. The second kappa shape index (κ2) is 11.3. The highest BCUT2D eigenvalue weighted by molar-refractivity contribution is 8.00. The Labute approximate surface area is 256 Å². The van der Waals surface area contributed by atoms with Crippen molar-refractivity contribution in [2.24, 2.45) is 5.92 Å². The molecule has 17 heteroatoms. The molecule has 1 saturated heterocycles. The first kappa shape index (κ1) is 32.3. The Morgan fingerprint density at radius 3 is 2.57 bits per heavy atom. The van der Waals surface area contributed by atoms with Gasteiger partial charge in [0.25, 0.3) is 0 Å². The van der Waals surface area contributed by atoms with Gasteiger partial charge >= 0.3 is 21.9 Å². The molecular weight excluding hydrogens is 627 g/mol. The van der Waals surface area contributed by atoms with Crippen molar-refractivity contribution in [2.45, 2.75) is 81.0 Å². The summed E-state index contributed by atoms with van der Waals surface area (Å²) in [5.74, 6) is -0.945. The quantitative estimate of drug-likeness (QED) is 0.301. The van der Waals surface area contributed by atoms with Gasteiger partial charge in [0.15, 0.2) is 11.4 Å². The Bertz CT molecular complexity index is 1660. The largest absolute Gasteiger partial charge is 0.464 e. The Morgan fingerprint density at radius 2 is 1.91 bits per heavy atom. The van der Waals surface area contributed by atoms with Crippen molar-refractivity contribution in [1.82, 2.24) is 18.9 Å². The summed E-state index contributed by atoms with van der Waals surface area (Å²) >= 11 is -0.209. The number of fused-ring (bicyclic) bond motifs is 2. The van der Waals surface area contributed by atoms with Gasteiger partial charge in [-0.05, 0) is 71.0 Å². The Balaban J connectivity index is 1.38. The molecule has 2 fully saturated rings. The van der Waals surface area contributed by atoms with E-state index in [0.717, 1.165) is 0 Å². The van der Waals surface area contributed by atoms with Gasteiger partial charge in [-0.2, -0.15) is 35.5 Å². The van der Waals surface area contributed by atoms with Gasteiger partial charge in [0.05, 0.1) is 30.0 Å². The highest BCUT2D eigenvalue weighted by atomic mass is 32.2. The zero-order chi connectivity index (χ0) is 32.2. The number of hydrogen-bond acceptors (Lipinski definition) is 10. The number of rotatable bonds is 8. The van der Waals surface area contributed by atoms with Crippen molar-refractivity contribution >= 4 is 39.6 Å². The zero-order valence-corrected chi connectivity index (χ0v) is 26.0. The number of ether oxygens (including phenoxy) is 2. The van der Waals surface area contributed by atoms with Crippen LogP contribution in [0.5, 0.6) is 0 Å². The van der Waals surface area contributed by atoms with Crippen molar-refractivity contribution in [3.63, 3.8) is 0 Å². The molecule has 0 spiro atoms. The SMILES string of the molecule is CC1(C)O[C@@H]2[C@@H](COS(=O)(=O)N(C(=O)O)C(C)(C)C)CC(Nc3ccnc4cc(-c5cccc(SC(F)(F)F)c5)nn34)[C@@H]2O1. The van der Waals surface area contributed by atoms with Crippen molar-refractivity contribution < 1.29 is 45.1 Å². The van der Waals surface area contributed by atoms with Gasteiger partial charge in [0.1, 0.15) is 11.9 Å². The molecule has 0 radical (unpaired) electrons. The number of benzene rings is 1. The minimum absolute atomic E-state index is 0.0283. The predicted octanol–water partition coefficient (Wildman–Crippen LogP) is 5.37. The maximum Gasteiger partial charge on any atom is 0.446 e. The van der Waals surface area contributed by atoms with Crippen LogP contribution < -0.4 is 5.32 Å². The molecule has 1 unspecified atom stereocenters. The molecular formula is C27H32F3N5O7S2. The van der Waals surface area contributed by atoms with Crippen molar-refractivity contribution in [1.29, 1.82) is 0 Å². The molecule has 2 N–H and O–H groups in total. The van der Waals surface area contributed by atoms with Crippen LogP contribution in [0.4, 0.5) is 23.8 Å². The average Bonchev–Trinajstić information content (AvgIpc) is 3.52. The van der Waals surface area contributed by atoms with Crippen LogP contribution in [-0.2, 0) is 24.0 Å². The molecule has 1 aromatic carbocycles. The van der Waals surface area contributed by atoms with Crippen LogP contribution in [-0.4, -0.2) is 80.2 Å². The molecule has 1 amide bonds. The van der Waals surface area contributed by atoms with Crippen molar-refractivity contribution in [3.05, 3.63) is 42.6 Å². The van der Waals surface area contributed by atoms with Crippen LogP contribution in [0.3, 0.4) is 0 Å². The lowest BCUT2D eigenvalue weighted by Gasteiger charge is -2.31. The van der Waals surface area contributed by atoms with E-state index < -0.39 is 57.4 Å². The fraction of sp³-hybridized carbons (Fsp3) is 0.519. The molecule has 3 aromatic rings. The number of carbonyl (C=O) groups is 1. The third-order valence-electron chi connectivity index (χ3n) is 7.07. The first-order valence-corrected chi connectivity index (χ1v) is 15.8. The molecule has 44 heavy (non-hydrogen) atoms. The van der Waals surface area contributed by atoms with Crippen LogP contribution in [0.2, 0.25) is 0 Å². The molecule has 1 aliphatic carbocycles. The standard InChI is InChI=1S/C27H32F3N5O7S2/c1-25(2,3)35(24(36)37)44(38,39)40-14-16-12-19(23-22(16)41-26(4,5)42-23)32-20-9-10-31-21-13-18(33-34(20)21)15-7-6-8-17(11-15)43-27(28,29)30/h6-11,13,16,19,22-23,32H,12,14H2,1-5H3,(H,36,37)/t16-,19?,22-,23+/m1/s1. The molecule has 240 valence electrons. The average molecular weight is 660 g/mol. The second-order valence-electron chi connectivity index (χ2n) is 12.0. The van der Waals surface area contributed by atoms with Crippen molar-refractivity contribution in [2.75, 3.05) is 11.9 Å². The fourth-order valence-corrected chi connectivity index (χ4v) is 7.44. The first-order chi connectivity index (χ1) is 20.3. The third kappa shape index (κ3) is 6.91. The number of carboxylic acid groups (broad SMARTS) is 1. The van der Waals surface area contributed by atoms with Gasteiger partial charge in [0, 0.05) is 28.6 Å². The summed E-state index contributed by atoms with van der Waals surface area (Å²) in [6, 6.07) is 8.90. The molecule has 4 atom stereocenters. The lowest BCUT2D eigenvalue weighted by Crippen LogP contribution is -2.49. The Kier molecular flexibility index (Phi) is 8.33. The number of halogens is 3. The lowest BCUT2D eigenvalue weighted by atomic mass is 10.1. The van der Waals surface area contributed by atoms with E-state index in [1.165, 1.54) is 43.5 Å². The number of nitrogens with zero attached hydrogens (tertiary/aromatic N) is 4. The molecule has 2 aliphatic rings. The monoisotopic (exact) mass is 659 g/mol. The van der Waals surface area contributed by atoms with Gasteiger partial charge < -0.3 is 19.9 Å². The van der Waals surface area contributed by atoms with E-state index in [9.17, 15) is 31.5 Å². The lowest BCUT2D eigenvalue weighted by molar-refractivity contribution is -0.158. The van der Waals surface area contributed by atoms with Gasteiger partial charge in [-0.3, -0.25) is 4.18 Å². The molecule has 5 rings (SSSR count). The van der Waals surface area contributed by atoms with Crippen LogP contribution in [0, 0.1) is 5.92 Å². The predicted molar refractivity (Wildman–Crippen MR) is 154 cm³/mol. The highest BCUT2D eigenvalue weighted by Gasteiger charge is 2.54. The zero-order valence-electron chi connectivity index (χ0n) is 24.4. The Hall–Kier alpha value is -3.12. The summed E-state index contributed by atoms with van der Waals surface area (Å²) in [6.45, 7) is 7.46. The highest BCUT2D eigenvalue weighted by Crippen LogP contribution is 2.43. The van der Waals surface area contributed by atoms with Gasteiger partial charge in [-0.15, -0.1) is 0 Å². The van der Waals surface area contributed by atoms with Crippen LogP contribution in [0.25, 0.3) is 16.9 Å². The summed E-state index contributed by atoms with van der Waals surface area (Å²) in [5.41, 5.74) is -4.35. The van der Waals surface area contributed by atoms with Crippen LogP contribution in [0.15, 0.2) is 47.5 Å². The second-order valence-corrected chi connectivity index (χ2v) is 14.6. The van der Waals surface area contributed by atoms with Gasteiger partial charge in [-0.1, -0.05) is 12.1 Å². The molecule has 1 aliphatic heterocycles. The van der Waals surface area contributed by atoms with E-state index >= 15 is 0 Å². The number of alkyl halides is 3. The maximum absolute atomic E-state index is 12.9. The minimum atomic E-state index is -4.64. The van der Waals surface area contributed by atoms with E-state index in [4.69, 9.17) is 13.7 Å². The smallest absolute Gasteiger partial charge is 0.446 e. The normalized spacial score (nSPS) is 23.5. The fourth-order valence-electron chi connectivity index (χ4n) is 5.52. The number of aromatic nitrogens is 3. The van der Waals surface area contributed by atoms with E-state index in [-0.39, 0.29) is 27.6 Å². The van der Waals surface area contributed by atoms with Gasteiger partial charge in [-0.25, -0.2) is 9.78 Å². The van der Waals surface area contributed by atoms with E-state index in [2.05, 4.69) is 15.4 Å². The van der Waals surface area contributed by atoms with E-state index in [1.807, 2.05) is 0 Å². The third-order valence-corrected chi connectivity index (χ3v) is 9.38. The molecule has 3 heterocycles. The first-order valence-electron chi connectivity index (χ1n) is 13.6. The summed E-state index contributed by atoms with van der Waals surface area (Å²) in [7, 11) is -4.64. The van der Waals surface area contributed by atoms with E-state index in [1.54, 1.807) is 38.2 Å². The maximum atomic E-state index is 12.9. The van der Waals surface area contributed by atoms with E-state index in [0.29, 0.717) is 29.1 Å². The van der Waals surface area contributed by atoms with Crippen molar-refractivity contribution in [3.8, 4) is 11.3 Å². The minimum Gasteiger partial charge on any atom is -0.464 e. The summed E-state index contributed by atoms with van der Waals surface area (Å²) in [4.78, 5) is 16.1. The molecule has 0 bridgehead atoms. The molecule has 12 nitrogen and oxygen atoms in total. The summed E-state index contributed by atoms with van der Waals surface area (Å²) in [5, 5.41) is 17.5. The van der Waals surface area contributed by atoms with Crippen LogP contribution in [0.1, 0.15) is 41.0 Å². The van der Waals surface area contributed by atoms with Crippen LogP contribution >= 0.6 is 11.8 Å². The summed E-state index contributed by atoms with van der Waals surface area (Å²) in [6.07, 6.45) is -0.840. The number of hydrogen-bond donors (Lipinski definition) is 2. The number of amides is 1. The number of thioether (sulfide) groups is 1. The molecule has 1 saturated carbocycles.